The highest BCUT2D eigenvalue weighted by Crippen LogP contribution is 2.35. The first-order valence-corrected chi connectivity index (χ1v) is 8.11. The van der Waals surface area contributed by atoms with Crippen molar-refractivity contribution in [3.8, 4) is 11.5 Å². The van der Waals surface area contributed by atoms with Crippen LogP contribution in [-0.4, -0.2) is 24.4 Å². The molecule has 22 heavy (non-hydrogen) atoms. The molecule has 0 aromatic heterocycles. The number of hydrogen-bond donors (Lipinski definition) is 0. The van der Waals surface area contributed by atoms with E-state index in [1.54, 1.807) is 13.0 Å². The van der Waals surface area contributed by atoms with Crippen LogP contribution in [0.25, 0.3) is 6.08 Å². The van der Waals surface area contributed by atoms with E-state index in [-0.39, 0.29) is 6.10 Å². The maximum atomic E-state index is 11.6. The topological polar surface area (TPSA) is 57.1 Å². The van der Waals surface area contributed by atoms with Crippen LogP contribution in [0.3, 0.4) is 0 Å². The number of halogens is 1. The molecule has 0 atom stereocenters. The lowest BCUT2D eigenvalue weighted by molar-refractivity contribution is -0.136. The van der Waals surface area contributed by atoms with Gasteiger partial charge in [0.05, 0.1) is 27.6 Å². The van der Waals surface area contributed by atoms with E-state index < -0.39 is 5.97 Å². The third kappa shape index (κ3) is 3.79. The summed E-state index contributed by atoms with van der Waals surface area (Å²) in [5, 5.41) is 3.67. The van der Waals surface area contributed by atoms with Crippen molar-refractivity contribution >= 4 is 40.3 Å². The van der Waals surface area contributed by atoms with E-state index in [9.17, 15) is 4.79 Å². The first-order valence-electron chi connectivity index (χ1n) is 7.03. The second-order valence-electron chi connectivity index (χ2n) is 5.04. The molecule has 6 heteroatoms. The molecule has 0 unspecified atom stereocenters. The number of nitrogens with zero attached hydrogens (tertiary/aromatic N) is 1. The SMILES string of the molecule is CCOc1cc(/C=C2/C(=O)ON=C2C)cc(I)c1OC(C)C. The number of benzene rings is 1. The predicted octanol–water partition coefficient (Wildman–Crippen LogP) is 3.79. The molecule has 5 nitrogen and oxygen atoms in total. The zero-order valence-electron chi connectivity index (χ0n) is 13.0. The fourth-order valence-corrected chi connectivity index (χ4v) is 2.72. The Bertz CT molecular complexity index is 650. The summed E-state index contributed by atoms with van der Waals surface area (Å²) >= 11 is 2.20. The van der Waals surface area contributed by atoms with Gasteiger partial charge in [-0.2, -0.15) is 0 Å². The minimum absolute atomic E-state index is 0.0520. The zero-order chi connectivity index (χ0) is 16.3. The van der Waals surface area contributed by atoms with Gasteiger partial charge >= 0.3 is 5.97 Å². The molecule has 0 N–H and O–H groups in total. The van der Waals surface area contributed by atoms with Crippen LogP contribution in [-0.2, 0) is 9.63 Å². The average molecular weight is 415 g/mol. The number of oxime groups is 1. The van der Waals surface area contributed by atoms with Gasteiger partial charge in [-0.05, 0) is 74.1 Å². The molecule has 0 saturated heterocycles. The number of carbonyl (C=O) groups excluding carboxylic acids is 1. The quantitative estimate of drug-likeness (QED) is 0.417. The Morgan fingerprint density at radius 3 is 2.68 bits per heavy atom. The van der Waals surface area contributed by atoms with Crippen LogP contribution in [0, 0.1) is 3.57 Å². The minimum Gasteiger partial charge on any atom is -0.490 e. The summed E-state index contributed by atoms with van der Waals surface area (Å²) in [6.45, 7) is 8.13. The van der Waals surface area contributed by atoms with Crippen LogP contribution in [0.1, 0.15) is 33.3 Å². The molecular weight excluding hydrogens is 397 g/mol. The second-order valence-corrected chi connectivity index (χ2v) is 6.21. The summed E-state index contributed by atoms with van der Waals surface area (Å²) in [5.74, 6) is 0.947. The number of carbonyl (C=O) groups is 1. The summed E-state index contributed by atoms with van der Waals surface area (Å²) in [4.78, 5) is 16.3. The molecule has 0 spiro atoms. The van der Waals surface area contributed by atoms with Gasteiger partial charge in [-0.25, -0.2) is 4.79 Å². The van der Waals surface area contributed by atoms with Crippen molar-refractivity contribution in [1.82, 2.24) is 0 Å². The van der Waals surface area contributed by atoms with E-state index >= 15 is 0 Å². The molecule has 118 valence electrons. The normalized spacial score (nSPS) is 16.0. The number of rotatable bonds is 5. The lowest BCUT2D eigenvalue weighted by Crippen LogP contribution is -2.09. The van der Waals surface area contributed by atoms with E-state index in [1.165, 1.54) is 0 Å². The molecule has 1 aliphatic rings. The van der Waals surface area contributed by atoms with Crippen LogP contribution < -0.4 is 9.47 Å². The maximum Gasteiger partial charge on any atom is 0.367 e. The first-order chi connectivity index (χ1) is 10.4. The highest BCUT2D eigenvalue weighted by Gasteiger charge is 2.22. The van der Waals surface area contributed by atoms with Gasteiger partial charge < -0.3 is 14.3 Å². The summed E-state index contributed by atoms with van der Waals surface area (Å²) in [7, 11) is 0. The minimum atomic E-state index is -0.437. The maximum absolute atomic E-state index is 11.6. The van der Waals surface area contributed by atoms with Crippen molar-refractivity contribution in [3.05, 3.63) is 26.8 Å². The van der Waals surface area contributed by atoms with Gasteiger partial charge in [0.15, 0.2) is 11.5 Å². The van der Waals surface area contributed by atoms with E-state index in [0.717, 1.165) is 14.9 Å². The molecule has 1 aliphatic heterocycles. The zero-order valence-corrected chi connectivity index (χ0v) is 15.1. The fourth-order valence-electron chi connectivity index (χ4n) is 1.97. The van der Waals surface area contributed by atoms with Gasteiger partial charge in [0.1, 0.15) is 0 Å². The molecule has 0 aliphatic carbocycles. The summed E-state index contributed by atoms with van der Waals surface area (Å²) in [6.07, 6.45) is 1.80. The Balaban J connectivity index is 2.44. The first kappa shape index (κ1) is 16.8. The molecule has 0 saturated carbocycles. The molecule has 2 rings (SSSR count). The van der Waals surface area contributed by atoms with Crippen molar-refractivity contribution in [3.63, 3.8) is 0 Å². The van der Waals surface area contributed by atoms with Gasteiger partial charge in [-0.15, -0.1) is 0 Å². The number of ether oxygens (including phenoxy) is 2. The summed E-state index contributed by atoms with van der Waals surface area (Å²) in [6, 6.07) is 3.79. The molecule has 1 aromatic carbocycles. The monoisotopic (exact) mass is 415 g/mol. The lowest BCUT2D eigenvalue weighted by atomic mass is 10.1. The average Bonchev–Trinajstić information content (AvgIpc) is 2.74. The molecule has 1 aromatic rings. The van der Waals surface area contributed by atoms with Crippen molar-refractivity contribution in [2.24, 2.45) is 5.16 Å². The Kier molecular flexibility index (Phi) is 5.44. The van der Waals surface area contributed by atoms with Gasteiger partial charge in [-0.1, -0.05) is 5.16 Å². The molecule has 0 bridgehead atoms. The highest BCUT2D eigenvalue weighted by atomic mass is 127. The summed E-state index contributed by atoms with van der Waals surface area (Å²) < 4.78 is 12.4. The van der Waals surface area contributed by atoms with Crippen molar-refractivity contribution in [2.45, 2.75) is 33.8 Å². The van der Waals surface area contributed by atoms with Crippen LogP contribution in [0.5, 0.6) is 11.5 Å². The van der Waals surface area contributed by atoms with E-state index in [2.05, 4.69) is 32.6 Å². The van der Waals surface area contributed by atoms with Crippen molar-refractivity contribution in [1.29, 1.82) is 0 Å². The highest BCUT2D eigenvalue weighted by molar-refractivity contribution is 14.1. The van der Waals surface area contributed by atoms with Crippen LogP contribution in [0.2, 0.25) is 0 Å². The van der Waals surface area contributed by atoms with Crippen LogP contribution in [0.15, 0.2) is 22.9 Å². The van der Waals surface area contributed by atoms with Crippen LogP contribution >= 0.6 is 22.6 Å². The third-order valence-corrected chi connectivity index (χ3v) is 3.67. The second kappa shape index (κ2) is 7.13. The molecule has 1 heterocycles. The molecule has 0 radical (unpaired) electrons. The Morgan fingerprint density at radius 1 is 1.41 bits per heavy atom. The van der Waals surface area contributed by atoms with Gasteiger partial charge in [0.2, 0.25) is 0 Å². The van der Waals surface area contributed by atoms with E-state index in [4.69, 9.17) is 9.47 Å². The Labute approximate surface area is 143 Å². The third-order valence-electron chi connectivity index (χ3n) is 2.87. The Morgan fingerprint density at radius 2 is 2.14 bits per heavy atom. The smallest absolute Gasteiger partial charge is 0.367 e. The van der Waals surface area contributed by atoms with E-state index in [0.29, 0.717) is 23.6 Å². The molecule has 0 amide bonds. The van der Waals surface area contributed by atoms with Gasteiger partial charge in [0.25, 0.3) is 0 Å². The standard InChI is InChI=1S/C16H18INO4/c1-5-20-14-8-11(6-12-10(4)18-22-16(12)19)7-13(17)15(14)21-9(2)3/h6-9H,5H2,1-4H3/b12-6+. The van der Waals surface area contributed by atoms with Crippen molar-refractivity contribution < 1.29 is 19.1 Å². The lowest BCUT2D eigenvalue weighted by Gasteiger charge is -2.17. The fraction of sp³-hybridized carbons (Fsp3) is 0.375. The van der Waals surface area contributed by atoms with E-state index in [1.807, 2.05) is 32.9 Å². The number of hydrogen-bond acceptors (Lipinski definition) is 5. The molecule has 0 fully saturated rings. The van der Waals surface area contributed by atoms with Gasteiger partial charge in [-0.3, -0.25) is 0 Å². The van der Waals surface area contributed by atoms with Crippen LogP contribution in [0.4, 0.5) is 0 Å². The predicted molar refractivity (Wildman–Crippen MR) is 93.3 cm³/mol. The Hall–Kier alpha value is -1.57. The van der Waals surface area contributed by atoms with Gasteiger partial charge in [0, 0.05) is 0 Å². The molecular formula is C16H18INO4. The van der Waals surface area contributed by atoms with Crippen molar-refractivity contribution in [2.75, 3.05) is 6.61 Å². The summed E-state index contributed by atoms with van der Waals surface area (Å²) in [5.41, 5.74) is 1.86. The largest absolute Gasteiger partial charge is 0.490 e.